The quantitative estimate of drug-likeness (QED) is 0.223. The van der Waals surface area contributed by atoms with Crippen molar-refractivity contribution in [3.63, 3.8) is 0 Å². The van der Waals surface area contributed by atoms with E-state index in [1.165, 1.54) is 18.2 Å². The number of nitrogens with zero attached hydrogens (tertiary/aromatic N) is 2. The van der Waals surface area contributed by atoms with Crippen molar-refractivity contribution >= 4 is 23.4 Å². The largest absolute Gasteiger partial charge is 0.494 e. The third-order valence-corrected chi connectivity index (χ3v) is 4.43. The number of amides is 1. The van der Waals surface area contributed by atoms with E-state index in [0.717, 1.165) is 12.8 Å². The minimum absolute atomic E-state index is 0.0833. The maximum absolute atomic E-state index is 12.6. The monoisotopic (exact) mass is 423 g/mol. The fourth-order valence-electron chi connectivity index (χ4n) is 2.83. The van der Waals surface area contributed by atoms with Crippen LogP contribution in [0, 0.1) is 21.4 Å². The third kappa shape index (κ3) is 5.51. The Hall–Kier alpha value is -4.06. The van der Waals surface area contributed by atoms with Crippen LogP contribution in [0.15, 0.2) is 42.0 Å². The van der Waals surface area contributed by atoms with E-state index in [0.29, 0.717) is 24.5 Å². The van der Waals surface area contributed by atoms with E-state index in [1.54, 1.807) is 24.3 Å². The molecule has 0 spiro atoms. The molecule has 0 saturated carbocycles. The van der Waals surface area contributed by atoms with Crippen LogP contribution in [0.25, 0.3) is 6.08 Å². The van der Waals surface area contributed by atoms with Crippen molar-refractivity contribution in [3.8, 4) is 23.3 Å². The molecule has 0 fully saturated rings. The van der Waals surface area contributed by atoms with Crippen molar-refractivity contribution in [2.45, 2.75) is 19.8 Å². The van der Waals surface area contributed by atoms with Gasteiger partial charge in [-0.25, -0.2) is 0 Å². The number of ether oxygens (including phenoxy) is 3. The van der Waals surface area contributed by atoms with Crippen LogP contribution in [0.1, 0.15) is 25.3 Å². The summed E-state index contributed by atoms with van der Waals surface area (Å²) in [5.41, 5.74) is -0.0291. The van der Waals surface area contributed by atoms with Gasteiger partial charge in [-0.15, -0.1) is 0 Å². The minimum atomic E-state index is -0.773. The number of carbonyl (C=O) groups excluding carboxylic acids is 1. The van der Waals surface area contributed by atoms with Crippen LogP contribution < -0.4 is 19.5 Å². The van der Waals surface area contributed by atoms with Crippen molar-refractivity contribution in [3.05, 3.63) is 57.6 Å². The number of rotatable bonds is 8. The molecule has 0 unspecified atom stereocenters. The molecule has 0 saturated heterocycles. The van der Waals surface area contributed by atoms with Gasteiger partial charge < -0.3 is 19.5 Å². The number of hydrogen-bond donors (Lipinski definition) is 1. The molecule has 0 atom stereocenters. The first-order valence-corrected chi connectivity index (χ1v) is 9.76. The number of anilines is 1. The maximum atomic E-state index is 12.6. The Morgan fingerprint density at radius 3 is 2.55 bits per heavy atom. The molecule has 1 aliphatic rings. The molecule has 9 heteroatoms. The second kappa shape index (κ2) is 10.1. The van der Waals surface area contributed by atoms with Gasteiger partial charge in [0, 0.05) is 6.07 Å². The Morgan fingerprint density at radius 2 is 1.94 bits per heavy atom. The fraction of sp³-hybridized carbons (Fsp3) is 0.273. The van der Waals surface area contributed by atoms with Crippen LogP contribution >= 0.6 is 0 Å². The van der Waals surface area contributed by atoms with Crippen molar-refractivity contribution in [1.29, 1.82) is 5.26 Å². The molecule has 1 heterocycles. The van der Waals surface area contributed by atoms with E-state index in [2.05, 4.69) is 12.2 Å². The first-order valence-electron chi connectivity index (χ1n) is 9.76. The summed E-state index contributed by atoms with van der Waals surface area (Å²) in [4.78, 5) is 23.4. The van der Waals surface area contributed by atoms with E-state index in [9.17, 15) is 20.2 Å². The molecule has 1 N–H and O–H groups in total. The van der Waals surface area contributed by atoms with Gasteiger partial charge in [0.05, 0.1) is 17.6 Å². The molecule has 0 bridgehead atoms. The first-order chi connectivity index (χ1) is 15.0. The van der Waals surface area contributed by atoms with Gasteiger partial charge >= 0.3 is 0 Å². The number of hydrogen-bond acceptors (Lipinski definition) is 7. The van der Waals surface area contributed by atoms with E-state index in [4.69, 9.17) is 14.2 Å². The van der Waals surface area contributed by atoms with Crippen molar-refractivity contribution < 1.29 is 23.9 Å². The first kappa shape index (κ1) is 21.6. The molecule has 0 aliphatic carbocycles. The Labute approximate surface area is 179 Å². The lowest BCUT2D eigenvalue weighted by atomic mass is 10.1. The number of nitro groups is 1. The van der Waals surface area contributed by atoms with Gasteiger partial charge in [-0.05, 0) is 30.2 Å². The summed E-state index contributed by atoms with van der Waals surface area (Å²) in [5.74, 6) is 0.438. The zero-order valence-electron chi connectivity index (χ0n) is 16.9. The lowest BCUT2D eigenvalue weighted by Crippen LogP contribution is -2.18. The molecule has 31 heavy (non-hydrogen) atoms. The van der Waals surface area contributed by atoms with Gasteiger partial charge in [0.2, 0.25) is 0 Å². The van der Waals surface area contributed by atoms with E-state index in [-0.39, 0.29) is 35.1 Å². The molecule has 0 aromatic heterocycles. The number of fused-ring (bicyclic) bond motifs is 1. The molecule has 0 radical (unpaired) electrons. The number of unbranched alkanes of at least 4 members (excludes halogenated alkanes) is 1. The van der Waals surface area contributed by atoms with Gasteiger partial charge in [0.15, 0.2) is 11.5 Å². The van der Waals surface area contributed by atoms with E-state index in [1.807, 2.05) is 6.07 Å². The second-order valence-corrected chi connectivity index (χ2v) is 6.67. The number of nitro benzene ring substituents is 1. The summed E-state index contributed by atoms with van der Waals surface area (Å²) >= 11 is 0. The normalized spacial score (nSPS) is 12.6. The summed E-state index contributed by atoms with van der Waals surface area (Å²) < 4.78 is 16.4. The Morgan fingerprint density at radius 1 is 1.26 bits per heavy atom. The molecule has 1 aliphatic heterocycles. The number of nitriles is 1. The standard InChI is InChI=1S/C22H21N3O6/c1-2-3-8-29-17-6-4-15(5-7-17)11-16(14-23)22(26)24-18-12-20-21(31-10-9-30-20)13-19(18)25(27)28/h4-7,11-13H,2-3,8-10H2,1H3,(H,24,26)/b16-11+. The van der Waals surface area contributed by atoms with Crippen LogP contribution in [0.2, 0.25) is 0 Å². The topological polar surface area (TPSA) is 124 Å². The molecule has 1 amide bonds. The second-order valence-electron chi connectivity index (χ2n) is 6.67. The van der Waals surface area contributed by atoms with Crippen molar-refractivity contribution in [1.82, 2.24) is 0 Å². The van der Waals surface area contributed by atoms with Crippen LogP contribution in [0.3, 0.4) is 0 Å². The van der Waals surface area contributed by atoms with Crippen molar-refractivity contribution in [2.75, 3.05) is 25.1 Å². The zero-order chi connectivity index (χ0) is 22.2. The number of benzene rings is 2. The average Bonchev–Trinajstić information content (AvgIpc) is 2.78. The van der Waals surface area contributed by atoms with Crippen LogP contribution in [0.5, 0.6) is 17.2 Å². The number of carbonyl (C=O) groups is 1. The third-order valence-electron chi connectivity index (χ3n) is 4.43. The van der Waals surface area contributed by atoms with Gasteiger partial charge in [0.1, 0.15) is 36.3 Å². The molecule has 3 rings (SSSR count). The summed E-state index contributed by atoms with van der Waals surface area (Å²) in [6.45, 7) is 3.26. The molecular weight excluding hydrogens is 402 g/mol. The summed E-state index contributed by atoms with van der Waals surface area (Å²) in [6, 6.07) is 11.3. The highest BCUT2D eigenvalue weighted by atomic mass is 16.6. The van der Waals surface area contributed by atoms with Crippen LogP contribution in [0.4, 0.5) is 11.4 Å². The zero-order valence-corrected chi connectivity index (χ0v) is 16.9. The smallest absolute Gasteiger partial charge is 0.296 e. The Kier molecular flexibility index (Phi) is 7.06. The number of nitrogens with one attached hydrogen (secondary N) is 1. The molecule has 2 aromatic rings. The fourth-order valence-corrected chi connectivity index (χ4v) is 2.83. The molecule has 160 valence electrons. The highest BCUT2D eigenvalue weighted by molar-refractivity contribution is 6.10. The van der Waals surface area contributed by atoms with Gasteiger partial charge in [-0.1, -0.05) is 25.5 Å². The maximum Gasteiger partial charge on any atom is 0.296 e. The Balaban J connectivity index is 1.78. The highest BCUT2D eigenvalue weighted by Gasteiger charge is 2.24. The minimum Gasteiger partial charge on any atom is -0.494 e. The van der Waals surface area contributed by atoms with Gasteiger partial charge in [-0.3, -0.25) is 14.9 Å². The predicted octanol–water partition coefficient (Wildman–Crippen LogP) is 4.09. The average molecular weight is 423 g/mol. The van der Waals surface area contributed by atoms with Gasteiger partial charge in [0.25, 0.3) is 11.6 Å². The summed E-state index contributed by atoms with van der Waals surface area (Å²) in [7, 11) is 0. The lowest BCUT2D eigenvalue weighted by molar-refractivity contribution is -0.384. The van der Waals surface area contributed by atoms with E-state index >= 15 is 0 Å². The highest BCUT2D eigenvalue weighted by Crippen LogP contribution is 2.39. The predicted molar refractivity (Wildman–Crippen MR) is 113 cm³/mol. The molecule has 9 nitrogen and oxygen atoms in total. The van der Waals surface area contributed by atoms with Gasteiger partial charge in [-0.2, -0.15) is 5.26 Å². The molecule has 2 aromatic carbocycles. The van der Waals surface area contributed by atoms with Crippen LogP contribution in [-0.4, -0.2) is 30.7 Å². The summed E-state index contributed by atoms with van der Waals surface area (Å²) in [6.07, 6.45) is 3.38. The molecular formula is C22H21N3O6. The van der Waals surface area contributed by atoms with Crippen LogP contribution in [-0.2, 0) is 4.79 Å². The lowest BCUT2D eigenvalue weighted by Gasteiger charge is -2.19. The SMILES string of the molecule is CCCCOc1ccc(/C=C(\C#N)C(=O)Nc2cc3c(cc2[N+](=O)[O-])OCCO3)cc1. The Bertz CT molecular complexity index is 1040. The van der Waals surface area contributed by atoms with E-state index < -0.39 is 10.8 Å². The summed E-state index contributed by atoms with van der Waals surface area (Å²) in [5, 5.41) is 23.3. The van der Waals surface area contributed by atoms with Crippen molar-refractivity contribution in [2.24, 2.45) is 0 Å².